The summed E-state index contributed by atoms with van der Waals surface area (Å²) in [7, 11) is 0. The molecule has 1 aliphatic rings. The minimum absolute atomic E-state index is 0.0490. The van der Waals surface area contributed by atoms with Crippen LogP contribution in [0.3, 0.4) is 0 Å². The lowest BCUT2D eigenvalue weighted by Crippen LogP contribution is -2.36. The SMILES string of the molecule is C=C(C)[C@@H]1C[C@H](c2ccccc2)[C@H](CCCCCC)O[C@@H]1c1cc(C(C)(C)c2ccccc2)ccc1OCC(=O)O. The van der Waals surface area contributed by atoms with Gasteiger partial charge >= 0.3 is 5.97 Å². The molecule has 41 heavy (non-hydrogen) atoms. The van der Waals surface area contributed by atoms with Crippen LogP contribution in [0.1, 0.15) is 100 Å². The maximum atomic E-state index is 11.5. The van der Waals surface area contributed by atoms with Crippen LogP contribution in [0.4, 0.5) is 0 Å². The number of carboxylic acid groups (broad SMARTS) is 1. The van der Waals surface area contributed by atoms with E-state index in [1.54, 1.807) is 0 Å². The van der Waals surface area contributed by atoms with Crippen molar-refractivity contribution in [3.05, 3.63) is 113 Å². The second kappa shape index (κ2) is 14.0. The molecule has 1 heterocycles. The highest BCUT2D eigenvalue weighted by Gasteiger charge is 2.41. The molecule has 0 amide bonds. The van der Waals surface area contributed by atoms with Crippen molar-refractivity contribution >= 4 is 5.97 Å². The smallest absolute Gasteiger partial charge is 0.341 e. The van der Waals surface area contributed by atoms with Gasteiger partial charge < -0.3 is 14.6 Å². The van der Waals surface area contributed by atoms with Crippen molar-refractivity contribution in [1.82, 2.24) is 0 Å². The molecule has 0 aromatic heterocycles. The largest absolute Gasteiger partial charge is 0.482 e. The van der Waals surface area contributed by atoms with E-state index in [9.17, 15) is 9.90 Å². The molecule has 1 aliphatic heterocycles. The summed E-state index contributed by atoms with van der Waals surface area (Å²) in [6.07, 6.45) is 6.42. The van der Waals surface area contributed by atoms with Crippen LogP contribution >= 0.6 is 0 Å². The highest BCUT2D eigenvalue weighted by molar-refractivity contribution is 5.68. The second-order valence-electron chi connectivity index (χ2n) is 12.1. The van der Waals surface area contributed by atoms with E-state index in [4.69, 9.17) is 9.47 Å². The van der Waals surface area contributed by atoms with Gasteiger partial charge in [0.25, 0.3) is 0 Å². The van der Waals surface area contributed by atoms with Crippen LogP contribution in [0, 0.1) is 5.92 Å². The predicted octanol–water partition coefficient (Wildman–Crippen LogP) is 9.25. The highest BCUT2D eigenvalue weighted by atomic mass is 16.5. The molecule has 4 atom stereocenters. The Bertz CT molecular complexity index is 1280. The zero-order valence-corrected chi connectivity index (χ0v) is 25.1. The van der Waals surface area contributed by atoms with Gasteiger partial charge in [-0.3, -0.25) is 0 Å². The first-order valence-corrected chi connectivity index (χ1v) is 15.1. The number of rotatable bonds is 13. The Balaban J connectivity index is 1.77. The summed E-state index contributed by atoms with van der Waals surface area (Å²) in [5.74, 6) is -0.0970. The maximum Gasteiger partial charge on any atom is 0.341 e. The van der Waals surface area contributed by atoms with E-state index in [0.717, 1.165) is 36.0 Å². The molecule has 3 aromatic carbocycles. The van der Waals surface area contributed by atoms with E-state index in [-0.39, 0.29) is 29.5 Å². The lowest BCUT2D eigenvalue weighted by Gasteiger charge is -2.43. The minimum Gasteiger partial charge on any atom is -0.482 e. The molecule has 0 saturated carbocycles. The van der Waals surface area contributed by atoms with E-state index in [1.165, 1.54) is 30.4 Å². The summed E-state index contributed by atoms with van der Waals surface area (Å²) in [6, 6.07) is 27.3. The second-order valence-corrected chi connectivity index (χ2v) is 12.1. The van der Waals surface area contributed by atoms with Gasteiger partial charge in [0.05, 0.1) is 12.2 Å². The van der Waals surface area contributed by atoms with Gasteiger partial charge in [-0.05, 0) is 48.6 Å². The van der Waals surface area contributed by atoms with Crippen molar-refractivity contribution in [1.29, 1.82) is 0 Å². The van der Waals surface area contributed by atoms with Crippen LogP contribution < -0.4 is 4.74 Å². The molecule has 4 rings (SSSR count). The first-order valence-electron chi connectivity index (χ1n) is 15.1. The number of aliphatic carboxylic acids is 1. The van der Waals surface area contributed by atoms with Gasteiger partial charge in [-0.1, -0.05) is 125 Å². The molecule has 0 bridgehead atoms. The Morgan fingerprint density at radius 2 is 1.66 bits per heavy atom. The molecule has 4 nitrogen and oxygen atoms in total. The Kier molecular flexibility index (Phi) is 10.4. The third-order valence-corrected chi connectivity index (χ3v) is 8.73. The standard InChI is InChI=1S/C37H46O4/c1-6-7-8-15-20-34-31(27-16-11-9-12-17-27)24-30(26(2)3)36(41-34)32-23-29(21-22-33(32)40-25-35(38)39)37(4,5)28-18-13-10-14-19-28/h9-14,16-19,21-23,30-31,34,36H,2,6-8,15,20,24-25H2,1,3-5H3,(H,38,39)/t30-,31+,34-,36-/m0/s1. The number of hydrogen-bond acceptors (Lipinski definition) is 3. The summed E-state index contributed by atoms with van der Waals surface area (Å²) in [4.78, 5) is 11.5. The van der Waals surface area contributed by atoms with Gasteiger partial charge in [-0.2, -0.15) is 0 Å². The van der Waals surface area contributed by atoms with Gasteiger partial charge in [-0.25, -0.2) is 4.79 Å². The molecular formula is C37H46O4. The molecule has 4 heteroatoms. The fourth-order valence-corrected chi connectivity index (χ4v) is 6.22. The molecule has 1 saturated heterocycles. The molecule has 3 aromatic rings. The van der Waals surface area contributed by atoms with Gasteiger partial charge in [-0.15, -0.1) is 0 Å². The topological polar surface area (TPSA) is 55.8 Å². The molecule has 1 N–H and O–H groups in total. The van der Waals surface area contributed by atoms with Crippen molar-refractivity contribution in [3.8, 4) is 5.75 Å². The van der Waals surface area contributed by atoms with Crippen molar-refractivity contribution < 1.29 is 19.4 Å². The molecule has 0 unspecified atom stereocenters. The molecule has 0 spiro atoms. The number of carbonyl (C=O) groups is 1. The number of unbranched alkanes of at least 4 members (excludes halogenated alkanes) is 3. The van der Waals surface area contributed by atoms with E-state index < -0.39 is 12.6 Å². The maximum absolute atomic E-state index is 11.5. The number of ether oxygens (including phenoxy) is 2. The Hall–Kier alpha value is -3.37. The summed E-state index contributed by atoms with van der Waals surface area (Å²) in [5, 5.41) is 9.42. The average Bonchev–Trinajstić information content (AvgIpc) is 2.98. The lowest BCUT2D eigenvalue weighted by atomic mass is 9.73. The first-order chi connectivity index (χ1) is 19.7. The molecular weight excluding hydrogens is 508 g/mol. The van der Waals surface area contributed by atoms with E-state index in [0.29, 0.717) is 5.75 Å². The Labute approximate surface area is 246 Å². The monoisotopic (exact) mass is 554 g/mol. The van der Waals surface area contributed by atoms with Crippen LogP contribution in [-0.4, -0.2) is 23.8 Å². The van der Waals surface area contributed by atoms with Gasteiger partial charge in [0, 0.05) is 22.8 Å². The van der Waals surface area contributed by atoms with Crippen LogP contribution in [-0.2, 0) is 14.9 Å². The third-order valence-electron chi connectivity index (χ3n) is 8.73. The van der Waals surface area contributed by atoms with Crippen LogP contribution in [0.25, 0.3) is 0 Å². The number of carboxylic acids is 1. The fraction of sp³-hybridized carbons (Fsp3) is 0.432. The van der Waals surface area contributed by atoms with Crippen molar-refractivity contribution in [2.75, 3.05) is 6.61 Å². The predicted molar refractivity (Wildman–Crippen MR) is 167 cm³/mol. The fourth-order valence-electron chi connectivity index (χ4n) is 6.22. The average molecular weight is 555 g/mol. The quantitative estimate of drug-likeness (QED) is 0.169. The zero-order chi connectivity index (χ0) is 29.4. The Morgan fingerprint density at radius 1 is 0.976 bits per heavy atom. The lowest BCUT2D eigenvalue weighted by molar-refractivity contribution is -0.139. The normalized spacial score (nSPS) is 20.9. The molecule has 1 fully saturated rings. The van der Waals surface area contributed by atoms with Crippen LogP contribution in [0.2, 0.25) is 0 Å². The Morgan fingerprint density at radius 3 is 2.29 bits per heavy atom. The highest BCUT2D eigenvalue weighted by Crippen LogP contribution is 2.50. The van der Waals surface area contributed by atoms with Crippen molar-refractivity contribution in [2.24, 2.45) is 5.92 Å². The van der Waals surface area contributed by atoms with Crippen LogP contribution in [0.15, 0.2) is 91.0 Å². The first kappa shape index (κ1) is 30.6. The van der Waals surface area contributed by atoms with Gasteiger partial charge in [0.15, 0.2) is 6.61 Å². The summed E-state index contributed by atoms with van der Waals surface area (Å²) < 4.78 is 13.0. The van der Waals surface area contributed by atoms with Crippen LogP contribution in [0.5, 0.6) is 5.75 Å². The third kappa shape index (κ3) is 7.48. The summed E-state index contributed by atoms with van der Waals surface area (Å²) >= 11 is 0. The van der Waals surface area contributed by atoms with Gasteiger partial charge in [0.2, 0.25) is 0 Å². The number of benzene rings is 3. The van der Waals surface area contributed by atoms with Gasteiger partial charge in [0.1, 0.15) is 5.75 Å². The molecule has 0 radical (unpaired) electrons. The molecule has 0 aliphatic carbocycles. The van der Waals surface area contributed by atoms with E-state index >= 15 is 0 Å². The summed E-state index contributed by atoms with van der Waals surface area (Å²) in [5.41, 5.74) is 5.36. The number of hydrogen-bond donors (Lipinski definition) is 1. The molecule has 218 valence electrons. The minimum atomic E-state index is -0.997. The zero-order valence-electron chi connectivity index (χ0n) is 25.1. The van der Waals surface area contributed by atoms with Crippen molar-refractivity contribution in [2.45, 2.75) is 89.8 Å². The van der Waals surface area contributed by atoms with E-state index in [1.807, 2.05) is 12.1 Å². The van der Waals surface area contributed by atoms with E-state index in [2.05, 4.69) is 101 Å². The summed E-state index contributed by atoms with van der Waals surface area (Å²) in [6.45, 7) is 12.8. The van der Waals surface area contributed by atoms with Crippen molar-refractivity contribution in [3.63, 3.8) is 0 Å².